The Labute approximate surface area is 133 Å². The summed E-state index contributed by atoms with van der Waals surface area (Å²) in [6, 6.07) is 8.79. The molecule has 0 aromatic heterocycles. The Kier molecular flexibility index (Phi) is 4.50. The van der Waals surface area contributed by atoms with Crippen LogP contribution in [0.15, 0.2) is 24.3 Å². The molecule has 2 aliphatic rings. The molecule has 2 atom stereocenters. The predicted octanol–water partition coefficient (Wildman–Crippen LogP) is 2.24. The first kappa shape index (κ1) is 15.5. The Hall–Kier alpha value is -1.39. The molecule has 0 spiro atoms. The van der Waals surface area contributed by atoms with Gasteiger partial charge in [0.25, 0.3) is 0 Å². The highest BCUT2D eigenvalue weighted by molar-refractivity contribution is 5.84. The molecule has 0 unspecified atom stereocenters. The fourth-order valence-electron chi connectivity index (χ4n) is 3.62. The lowest BCUT2D eigenvalue weighted by molar-refractivity contribution is -0.133. The number of likely N-dealkylation sites (N-methyl/N-ethyl adjacent to an activating group) is 1. The number of benzene rings is 1. The van der Waals surface area contributed by atoms with Gasteiger partial charge in [-0.2, -0.15) is 0 Å². The van der Waals surface area contributed by atoms with Gasteiger partial charge in [-0.1, -0.05) is 24.3 Å². The van der Waals surface area contributed by atoms with Crippen molar-refractivity contribution in [3.8, 4) is 0 Å². The summed E-state index contributed by atoms with van der Waals surface area (Å²) >= 11 is 0. The van der Waals surface area contributed by atoms with Crippen molar-refractivity contribution in [3.63, 3.8) is 0 Å². The van der Waals surface area contributed by atoms with Gasteiger partial charge in [-0.05, 0) is 44.9 Å². The summed E-state index contributed by atoms with van der Waals surface area (Å²) in [5.41, 5.74) is 2.67. The van der Waals surface area contributed by atoms with Gasteiger partial charge in [0.2, 0.25) is 5.91 Å². The van der Waals surface area contributed by atoms with E-state index in [1.165, 1.54) is 11.1 Å². The molecule has 4 heteroatoms. The third-order valence-electron chi connectivity index (χ3n) is 4.91. The minimum atomic E-state index is 0.0000822. The number of fused-ring (bicyclic) bond motifs is 1. The standard InChI is InChI=1S/C18H26N2O2/c1-13(2)20-10-8-16(18(20)21)19(3)12-17-15-7-5-4-6-14(15)9-11-22-17/h4-7,13,16-17H,8-12H2,1-3H3/t16-,17+/m0/s1. The maximum absolute atomic E-state index is 12.5. The van der Waals surface area contributed by atoms with E-state index >= 15 is 0 Å². The van der Waals surface area contributed by atoms with Gasteiger partial charge in [-0.15, -0.1) is 0 Å². The molecule has 2 heterocycles. The van der Waals surface area contributed by atoms with Crippen LogP contribution < -0.4 is 0 Å². The van der Waals surface area contributed by atoms with Crippen molar-refractivity contribution >= 4 is 5.91 Å². The number of ether oxygens (including phenoxy) is 1. The van der Waals surface area contributed by atoms with Gasteiger partial charge in [0, 0.05) is 19.1 Å². The second-order valence-corrected chi connectivity index (χ2v) is 6.68. The summed E-state index contributed by atoms with van der Waals surface area (Å²) in [4.78, 5) is 16.7. The number of amides is 1. The fraction of sp³-hybridized carbons (Fsp3) is 0.611. The van der Waals surface area contributed by atoms with Crippen LogP contribution in [0.5, 0.6) is 0 Å². The van der Waals surface area contributed by atoms with Crippen LogP contribution in [0, 0.1) is 0 Å². The molecule has 0 N–H and O–H groups in total. The zero-order valence-corrected chi connectivity index (χ0v) is 13.8. The molecule has 120 valence electrons. The Bertz CT molecular complexity index is 544. The van der Waals surface area contributed by atoms with E-state index in [4.69, 9.17) is 4.74 Å². The lowest BCUT2D eigenvalue weighted by Crippen LogP contribution is -2.43. The van der Waals surface area contributed by atoms with Crippen molar-refractivity contribution in [3.05, 3.63) is 35.4 Å². The van der Waals surface area contributed by atoms with E-state index in [0.717, 1.165) is 32.5 Å². The largest absolute Gasteiger partial charge is 0.372 e. The highest BCUT2D eigenvalue weighted by Crippen LogP contribution is 2.29. The van der Waals surface area contributed by atoms with Crippen LogP contribution in [-0.4, -0.2) is 54.5 Å². The monoisotopic (exact) mass is 302 g/mol. The molecule has 1 amide bonds. The third kappa shape index (κ3) is 2.90. The van der Waals surface area contributed by atoms with Gasteiger partial charge in [-0.25, -0.2) is 0 Å². The smallest absolute Gasteiger partial charge is 0.240 e. The summed E-state index contributed by atoms with van der Waals surface area (Å²) in [5, 5.41) is 0. The number of carbonyl (C=O) groups is 1. The molecule has 3 rings (SSSR count). The average molecular weight is 302 g/mol. The Balaban J connectivity index is 1.68. The minimum absolute atomic E-state index is 0.0000822. The van der Waals surface area contributed by atoms with E-state index in [-0.39, 0.29) is 24.1 Å². The van der Waals surface area contributed by atoms with Crippen LogP contribution in [0.1, 0.15) is 37.5 Å². The van der Waals surface area contributed by atoms with Crippen molar-refractivity contribution in [2.45, 2.75) is 44.9 Å². The number of hydrogen-bond donors (Lipinski definition) is 0. The van der Waals surface area contributed by atoms with Crippen molar-refractivity contribution in [2.75, 3.05) is 26.7 Å². The summed E-state index contributed by atoms with van der Waals surface area (Å²) < 4.78 is 5.98. The van der Waals surface area contributed by atoms with E-state index in [1.54, 1.807) is 0 Å². The number of carbonyl (C=O) groups excluding carboxylic acids is 1. The first-order chi connectivity index (χ1) is 10.6. The average Bonchev–Trinajstić information content (AvgIpc) is 2.89. The summed E-state index contributed by atoms with van der Waals surface area (Å²) in [6.45, 7) is 6.58. The second kappa shape index (κ2) is 6.39. The topological polar surface area (TPSA) is 32.8 Å². The van der Waals surface area contributed by atoms with E-state index in [0.29, 0.717) is 0 Å². The lowest BCUT2D eigenvalue weighted by Gasteiger charge is -2.32. The van der Waals surface area contributed by atoms with Gasteiger partial charge in [0.05, 0.1) is 18.8 Å². The summed E-state index contributed by atoms with van der Waals surface area (Å²) in [7, 11) is 2.05. The Morgan fingerprint density at radius 3 is 2.86 bits per heavy atom. The second-order valence-electron chi connectivity index (χ2n) is 6.68. The maximum atomic E-state index is 12.5. The van der Waals surface area contributed by atoms with Crippen molar-refractivity contribution in [2.24, 2.45) is 0 Å². The molecule has 0 bridgehead atoms. The predicted molar refractivity (Wildman–Crippen MR) is 86.7 cm³/mol. The maximum Gasteiger partial charge on any atom is 0.240 e. The molecular weight excluding hydrogens is 276 g/mol. The molecule has 0 saturated carbocycles. The summed E-state index contributed by atoms with van der Waals surface area (Å²) in [5.74, 6) is 0.265. The Morgan fingerprint density at radius 2 is 2.14 bits per heavy atom. The van der Waals surface area contributed by atoms with Crippen molar-refractivity contribution < 1.29 is 9.53 Å². The van der Waals surface area contributed by atoms with Crippen LogP contribution in [0.4, 0.5) is 0 Å². The number of hydrogen-bond acceptors (Lipinski definition) is 3. The number of nitrogens with zero attached hydrogens (tertiary/aromatic N) is 2. The molecule has 1 aromatic rings. The van der Waals surface area contributed by atoms with Gasteiger partial charge in [0.15, 0.2) is 0 Å². The van der Waals surface area contributed by atoms with Crippen LogP contribution in [0.3, 0.4) is 0 Å². The number of rotatable bonds is 4. The van der Waals surface area contributed by atoms with Crippen LogP contribution in [0.2, 0.25) is 0 Å². The molecule has 2 aliphatic heterocycles. The Morgan fingerprint density at radius 1 is 1.36 bits per heavy atom. The first-order valence-corrected chi connectivity index (χ1v) is 8.28. The molecule has 0 aliphatic carbocycles. The van der Waals surface area contributed by atoms with Gasteiger partial charge in [-0.3, -0.25) is 9.69 Å². The van der Waals surface area contributed by atoms with E-state index < -0.39 is 0 Å². The van der Waals surface area contributed by atoms with E-state index in [1.807, 2.05) is 11.9 Å². The van der Waals surface area contributed by atoms with Gasteiger partial charge < -0.3 is 9.64 Å². The van der Waals surface area contributed by atoms with E-state index in [9.17, 15) is 4.79 Å². The zero-order valence-electron chi connectivity index (χ0n) is 13.8. The number of likely N-dealkylation sites (tertiary alicyclic amines) is 1. The molecule has 1 aromatic carbocycles. The molecule has 1 fully saturated rings. The highest BCUT2D eigenvalue weighted by atomic mass is 16.5. The molecule has 4 nitrogen and oxygen atoms in total. The molecular formula is C18H26N2O2. The zero-order chi connectivity index (χ0) is 15.7. The van der Waals surface area contributed by atoms with E-state index in [2.05, 4.69) is 43.0 Å². The van der Waals surface area contributed by atoms with Crippen LogP contribution >= 0.6 is 0 Å². The van der Waals surface area contributed by atoms with Crippen LogP contribution in [-0.2, 0) is 16.0 Å². The normalized spacial score (nSPS) is 25.1. The van der Waals surface area contributed by atoms with Crippen molar-refractivity contribution in [1.29, 1.82) is 0 Å². The van der Waals surface area contributed by atoms with Crippen molar-refractivity contribution in [1.82, 2.24) is 9.80 Å². The molecule has 0 radical (unpaired) electrons. The van der Waals surface area contributed by atoms with Gasteiger partial charge in [0.1, 0.15) is 0 Å². The van der Waals surface area contributed by atoms with Crippen LogP contribution in [0.25, 0.3) is 0 Å². The third-order valence-corrected chi connectivity index (χ3v) is 4.91. The SMILES string of the molecule is CC(C)N1CC[C@H](N(C)C[C@H]2OCCc3ccccc32)C1=O. The summed E-state index contributed by atoms with van der Waals surface area (Å²) in [6.07, 6.45) is 1.98. The lowest BCUT2D eigenvalue weighted by atomic mass is 9.97. The highest BCUT2D eigenvalue weighted by Gasteiger charge is 2.36. The minimum Gasteiger partial charge on any atom is -0.372 e. The first-order valence-electron chi connectivity index (χ1n) is 8.28. The molecule has 1 saturated heterocycles. The molecule has 22 heavy (non-hydrogen) atoms. The fourth-order valence-corrected chi connectivity index (χ4v) is 3.62. The quantitative estimate of drug-likeness (QED) is 0.855. The van der Waals surface area contributed by atoms with Gasteiger partial charge >= 0.3 is 0 Å².